The van der Waals surface area contributed by atoms with E-state index in [1.54, 1.807) is 0 Å². The van der Waals surface area contributed by atoms with Crippen LogP contribution in [-0.4, -0.2) is 32.6 Å². The molecule has 0 bridgehead atoms. The average Bonchev–Trinajstić information content (AvgIpc) is 2.82. The van der Waals surface area contributed by atoms with Gasteiger partial charge < -0.3 is 5.73 Å². The molecule has 0 spiro atoms. The third-order valence-corrected chi connectivity index (χ3v) is 2.85. The van der Waals surface area contributed by atoms with Crippen LogP contribution in [0, 0.1) is 12.7 Å². The van der Waals surface area contributed by atoms with E-state index in [0.717, 1.165) is 6.07 Å². The number of hydrogen-bond donors (Lipinski definition) is 1. The van der Waals surface area contributed by atoms with Gasteiger partial charge in [-0.15, -0.1) is 5.10 Å². The summed E-state index contributed by atoms with van der Waals surface area (Å²) in [4.78, 5) is 0. The van der Waals surface area contributed by atoms with Gasteiger partial charge in [0.1, 0.15) is 12.4 Å². The number of anilines is 1. The Morgan fingerprint density at radius 2 is 2.00 bits per heavy atom. The zero-order valence-corrected chi connectivity index (χ0v) is 10.7. The number of rotatable bonds is 4. The van der Waals surface area contributed by atoms with Crippen molar-refractivity contribution in [2.24, 2.45) is 0 Å². The van der Waals surface area contributed by atoms with Crippen LogP contribution >= 0.6 is 0 Å². The number of alkyl halides is 4. The standard InChI is InChI=1S/C11H10F5N5/c1-5-7(12)2-6(3-8(5)17)9-18-19-20-21(9)4-11(15,16)10(13)14/h2-3,10H,4,17H2,1H3. The summed E-state index contributed by atoms with van der Waals surface area (Å²) in [5.41, 5.74) is 5.83. The van der Waals surface area contributed by atoms with E-state index in [1.807, 2.05) is 0 Å². The topological polar surface area (TPSA) is 69.6 Å². The molecule has 5 nitrogen and oxygen atoms in total. The summed E-state index contributed by atoms with van der Waals surface area (Å²) in [5, 5.41) is 9.81. The molecule has 0 fully saturated rings. The van der Waals surface area contributed by atoms with Crippen LogP contribution in [0.3, 0.4) is 0 Å². The Kier molecular flexibility index (Phi) is 3.79. The minimum Gasteiger partial charge on any atom is -0.398 e. The first-order chi connectivity index (χ1) is 9.72. The van der Waals surface area contributed by atoms with Crippen LogP contribution in [0.5, 0.6) is 0 Å². The Labute approximate surface area is 115 Å². The molecule has 0 atom stereocenters. The Balaban J connectivity index is 2.42. The zero-order chi connectivity index (χ0) is 15.8. The third kappa shape index (κ3) is 2.93. The third-order valence-electron chi connectivity index (χ3n) is 2.85. The van der Waals surface area contributed by atoms with E-state index in [-0.39, 0.29) is 22.6 Å². The highest BCUT2D eigenvalue weighted by molar-refractivity contribution is 5.63. The van der Waals surface area contributed by atoms with Crippen molar-refractivity contribution in [1.82, 2.24) is 20.2 Å². The summed E-state index contributed by atoms with van der Waals surface area (Å²) >= 11 is 0. The summed E-state index contributed by atoms with van der Waals surface area (Å²) in [5.74, 6) is -5.26. The first-order valence-corrected chi connectivity index (χ1v) is 5.70. The predicted octanol–water partition coefficient (Wildman–Crippen LogP) is 2.27. The lowest BCUT2D eigenvalue weighted by atomic mass is 10.1. The molecular weight excluding hydrogens is 297 g/mol. The molecule has 114 valence electrons. The summed E-state index contributed by atoms with van der Waals surface area (Å²) in [6.07, 6.45) is -3.87. The number of nitrogens with zero attached hydrogens (tertiary/aromatic N) is 4. The van der Waals surface area contributed by atoms with Gasteiger partial charge in [0, 0.05) is 16.8 Å². The Hall–Kier alpha value is -2.26. The molecule has 0 amide bonds. The first kappa shape index (κ1) is 15.1. The summed E-state index contributed by atoms with van der Waals surface area (Å²) < 4.78 is 64.6. The second-order valence-corrected chi connectivity index (χ2v) is 4.39. The molecule has 0 aliphatic rings. The average molecular weight is 307 g/mol. The maximum atomic E-state index is 13.6. The lowest BCUT2D eigenvalue weighted by molar-refractivity contribution is -0.139. The van der Waals surface area contributed by atoms with Gasteiger partial charge in [0.05, 0.1) is 0 Å². The van der Waals surface area contributed by atoms with E-state index in [0.29, 0.717) is 4.68 Å². The number of halogens is 5. The van der Waals surface area contributed by atoms with Crippen LogP contribution in [0.2, 0.25) is 0 Å². The van der Waals surface area contributed by atoms with Crippen LogP contribution < -0.4 is 5.73 Å². The van der Waals surface area contributed by atoms with Crippen molar-refractivity contribution < 1.29 is 22.0 Å². The normalized spacial score (nSPS) is 12.1. The summed E-state index contributed by atoms with van der Waals surface area (Å²) in [7, 11) is 0. The van der Waals surface area contributed by atoms with Crippen LogP contribution in [0.1, 0.15) is 5.56 Å². The number of nitrogen functional groups attached to an aromatic ring is 1. The monoisotopic (exact) mass is 307 g/mol. The van der Waals surface area contributed by atoms with Crippen molar-refractivity contribution in [3.8, 4) is 11.4 Å². The molecule has 1 aromatic carbocycles. The molecule has 10 heteroatoms. The Bertz CT molecular complexity index is 631. The zero-order valence-electron chi connectivity index (χ0n) is 10.7. The Morgan fingerprint density at radius 1 is 1.33 bits per heavy atom. The van der Waals surface area contributed by atoms with Crippen LogP contribution in [0.15, 0.2) is 12.1 Å². The minimum absolute atomic E-state index is 0.0191. The van der Waals surface area contributed by atoms with Gasteiger partial charge in [0.15, 0.2) is 5.82 Å². The maximum absolute atomic E-state index is 13.6. The number of hydrogen-bond acceptors (Lipinski definition) is 4. The molecule has 1 aromatic heterocycles. The fraction of sp³-hybridized carbons (Fsp3) is 0.364. The van der Waals surface area contributed by atoms with Gasteiger partial charge in [-0.2, -0.15) is 8.78 Å². The van der Waals surface area contributed by atoms with Gasteiger partial charge in [-0.1, -0.05) is 0 Å². The first-order valence-electron chi connectivity index (χ1n) is 5.70. The lowest BCUT2D eigenvalue weighted by Crippen LogP contribution is -2.32. The van der Waals surface area contributed by atoms with Crippen molar-refractivity contribution in [1.29, 1.82) is 0 Å². The molecule has 2 N–H and O–H groups in total. The lowest BCUT2D eigenvalue weighted by Gasteiger charge is -2.15. The van der Waals surface area contributed by atoms with E-state index >= 15 is 0 Å². The summed E-state index contributed by atoms with van der Waals surface area (Å²) in [6.45, 7) is 0.00473. The highest BCUT2D eigenvalue weighted by Crippen LogP contribution is 2.28. The SMILES string of the molecule is Cc1c(N)cc(-c2nnnn2CC(F)(F)C(F)F)cc1F. The van der Waals surface area contributed by atoms with Crippen LogP contribution in [-0.2, 0) is 6.54 Å². The van der Waals surface area contributed by atoms with E-state index < -0.39 is 24.7 Å². The smallest absolute Gasteiger partial charge is 0.326 e. The highest BCUT2D eigenvalue weighted by atomic mass is 19.3. The van der Waals surface area contributed by atoms with E-state index in [2.05, 4.69) is 15.5 Å². The van der Waals surface area contributed by atoms with Gasteiger partial charge in [0.2, 0.25) is 0 Å². The minimum atomic E-state index is -4.31. The van der Waals surface area contributed by atoms with E-state index in [9.17, 15) is 22.0 Å². The number of aromatic nitrogens is 4. The molecule has 21 heavy (non-hydrogen) atoms. The van der Waals surface area contributed by atoms with Gasteiger partial charge >= 0.3 is 12.3 Å². The van der Waals surface area contributed by atoms with Crippen molar-refractivity contribution in [3.05, 3.63) is 23.5 Å². The van der Waals surface area contributed by atoms with Gasteiger partial charge in [-0.05, 0) is 29.5 Å². The molecule has 0 aliphatic carbocycles. The maximum Gasteiger partial charge on any atom is 0.326 e. The van der Waals surface area contributed by atoms with Gasteiger partial charge in [-0.25, -0.2) is 17.9 Å². The fourth-order valence-corrected chi connectivity index (χ4v) is 1.62. The van der Waals surface area contributed by atoms with Crippen LogP contribution in [0.25, 0.3) is 11.4 Å². The number of tetrazole rings is 1. The molecule has 0 unspecified atom stereocenters. The summed E-state index contributed by atoms with van der Waals surface area (Å²) in [6, 6.07) is 2.27. The highest BCUT2D eigenvalue weighted by Gasteiger charge is 2.42. The Morgan fingerprint density at radius 3 is 2.57 bits per heavy atom. The molecule has 1 heterocycles. The molecule has 0 aliphatic heterocycles. The van der Waals surface area contributed by atoms with Crippen LogP contribution in [0.4, 0.5) is 27.6 Å². The quantitative estimate of drug-likeness (QED) is 0.695. The number of nitrogens with two attached hydrogens (primary N) is 1. The fourth-order valence-electron chi connectivity index (χ4n) is 1.62. The van der Waals surface area contributed by atoms with E-state index in [4.69, 9.17) is 5.73 Å². The second-order valence-electron chi connectivity index (χ2n) is 4.39. The molecular formula is C11H10F5N5. The molecule has 0 saturated carbocycles. The molecule has 0 radical (unpaired) electrons. The molecule has 2 rings (SSSR count). The van der Waals surface area contributed by atoms with Crippen molar-refractivity contribution in [3.63, 3.8) is 0 Å². The number of benzene rings is 1. The van der Waals surface area contributed by atoms with Crippen molar-refractivity contribution in [2.75, 3.05) is 5.73 Å². The van der Waals surface area contributed by atoms with Gasteiger partial charge in [-0.3, -0.25) is 0 Å². The second kappa shape index (κ2) is 5.26. The predicted molar refractivity (Wildman–Crippen MR) is 63.3 cm³/mol. The largest absolute Gasteiger partial charge is 0.398 e. The van der Waals surface area contributed by atoms with Crippen molar-refractivity contribution in [2.45, 2.75) is 25.8 Å². The van der Waals surface area contributed by atoms with Crippen molar-refractivity contribution >= 4 is 5.69 Å². The van der Waals surface area contributed by atoms with E-state index in [1.165, 1.54) is 13.0 Å². The molecule has 2 aromatic rings. The molecule has 0 saturated heterocycles. The van der Waals surface area contributed by atoms with Gasteiger partial charge in [0.25, 0.3) is 0 Å².